The van der Waals surface area contributed by atoms with E-state index in [4.69, 9.17) is 4.74 Å². The smallest absolute Gasteiger partial charge is 0.159 e. The largest absolute Gasteiger partial charge is 0.507 e. The zero-order valence-corrected chi connectivity index (χ0v) is 7.96. The van der Waals surface area contributed by atoms with Gasteiger partial charge in [0, 0.05) is 18.1 Å². The van der Waals surface area contributed by atoms with Crippen LogP contribution in [0.1, 0.15) is 26.7 Å². The molecule has 0 fully saturated rings. The van der Waals surface area contributed by atoms with Crippen LogP contribution in [0.15, 0.2) is 23.2 Å². The van der Waals surface area contributed by atoms with Crippen LogP contribution in [0, 0.1) is 0 Å². The molecule has 0 aromatic heterocycles. The van der Waals surface area contributed by atoms with Gasteiger partial charge in [0.2, 0.25) is 0 Å². The summed E-state index contributed by atoms with van der Waals surface area (Å²) in [6, 6.07) is 0. The first-order valence-corrected chi connectivity index (χ1v) is 4.41. The van der Waals surface area contributed by atoms with E-state index in [1.54, 1.807) is 0 Å². The minimum absolute atomic E-state index is 0.0576. The lowest BCUT2D eigenvalue weighted by molar-refractivity contribution is -0.113. The highest BCUT2D eigenvalue weighted by atomic mass is 16.5. The Balaban J connectivity index is 2.80. The third-order valence-electron chi connectivity index (χ3n) is 1.98. The van der Waals surface area contributed by atoms with Crippen molar-refractivity contribution in [3.8, 4) is 0 Å². The van der Waals surface area contributed by atoms with Crippen molar-refractivity contribution in [2.75, 3.05) is 6.61 Å². The number of hydrogen-bond donors (Lipinski definition) is 1. The molecule has 1 rings (SSSR count). The van der Waals surface area contributed by atoms with E-state index in [0.29, 0.717) is 25.0 Å². The monoisotopic (exact) mass is 182 g/mol. The molecule has 0 spiro atoms. The van der Waals surface area contributed by atoms with Crippen molar-refractivity contribution < 1.29 is 14.6 Å². The number of allylic oxidation sites excluding steroid dienone is 3. The van der Waals surface area contributed by atoms with Crippen LogP contribution in [0.5, 0.6) is 0 Å². The van der Waals surface area contributed by atoms with Gasteiger partial charge in [-0.2, -0.15) is 0 Å². The lowest BCUT2D eigenvalue weighted by atomic mass is 9.99. The molecule has 3 nitrogen and oxygen atoms in total. The summed E-state index contributed by atoms with van der Waals surface area (Å²) >= 11 is 0. The fourth-order valence-electron chi connectivity index (χ4n) is 1.34. The van der Waals surface area contributed by atoms with Gasteiger partial charge in [0.25, 0.3) is 0 Å². The van der Waals surface area contributed by atoms with Crippen LogP contribution in [0.4, 0.5) is 0 Å². The first-order chi connectivity index (χ1) is 6.15. The molecular weight excluding hydrogens is 168 g/mol. The summed E-state index contributed by atoms with van der Waals surface area (Å²) in [5, 5.41) is 9.44. The zero-order chi connectivity index (χ0) is 9.84. The van der Waals surface area contributed by atoms with Crippen LogP contribution in [0.2, 0.25) is 0 Å². The average Bonchev–Trinajstić information content (AvgIpc) is 2.04. The number of aliphatic hydroxyl groups is 1. The van der Waals surface area contributed by atoms with Crippen molar-refractivity contribution >= 4 is 5.78 Å². The average molecular weight is 182 g/mol. The van der Waals surface area contributed by atoms with Crippen LogP contribution in [-0.2, 0) is 9.53 Å². The summed E-state index contributed by atoms with van der Waals surface area (Å²) in [6.45, 7) is 3.95. The van der Waals surface area contributed by atoms with Crippen LogP contribution < -0.4 is 0 Å². The Kier molecular flexibility index (Phi) is 3.12. The number of ether oxygens (including phenoxy) is 1. The molecule has 1 aliphatic rings. The minimum atomic E-state index is -0.0655. The summed E-state index contributed by atoms with van der Waals surface area (Å²) in [5.41, 5.74) is 0.503. The second-order valence-corrected chi connectivity index (χ2v) is 2.96. The quantitative estimate of drug-likeness (QED) is 0.727. The summed E-state index contributed by atoms with van der Waals surface area (Å²) in [5.74, 6) is 0.747. The molecule has 0 aromatic rings. The SMILES string of the molecule is CCOC1=CC(O)=C(C(C)=O)CC1. The molecule has 1 aliphatic carbocycles. The molecule has 13 heavy (non-hydrogen) atoms. The van der Waals surface area contributed by atoms with Gasteiger partial charge < -0.3 is 9.84 Å². The van der Waals surface area contributed by atoms with Gasteiger partial charge in [-0.25, -0.2) is 0 Å². The van der Waals surface area contributed by atoms with E-state index < -0.39 is 0 Å². The summed E-state index contributed by atoms with van der Waals surface area (Å²) in [4.78, 5) is 11.0. The van der Waals surface area contributed by atoms with Crippen molar-refractivity contribution in [1.82, 2.24) is 0 Å². The van der Waals surface area contributed by atoms with Gasteiger partial charge in [0.05, 0.1) is 12.4 Å². The number of ketones is 1. The Morgan fingerprint density at radius 1 is 1.62 bits per heavy atom. The standard InChI is InChI=1S/C10H14O3/c1-3-13-8-4-5-9(7(2)11)10(12)6-8/h6,12H,3-5H2,1-2H3. The molecule has 3 heteroatoms. The van der Waals surface area contributed by atoms with Gasteiger partial charge in [0.1, 0.15) is 5.76 Å². The molecular formula is C10H14O3. The van der Waals surface area contributed by atoms with Crippen molar-refractivity contribution in [2.45, 2.75) is 26.7 Å². The second kappa shape index (κ2) is 4.12. The molecule has 0 amide bonds. The predicted molar refractivity (Wildman–Crippen MR) is 49.3 cm³/mol. The maximum Gasteiger partial charge on any atom is 0.159 e. The number of rotatable bonds is 3. The van der Waals surface area contributed by atoms with Crippen LogP contribution in [0.25, 0.3) is 0 Å². The molecule has 0 bridgehead atoms. The summed E-state index contributed by atoms with van der Waals surface area (Å²) < 4.78 is 5.24. The molecule has 0 unspecified atom stereocenters. The van der Waals surface area contributed by atoms with E-state index in [2.05, 4.69) is 0 Å². The lowest BCUT2D eigenvalue weighted by Crippen LogP contribution is -2.07. The number of aliphatic hydroxyl groups excluding tert-OH is 1. The highest BCUT2D eigenvalue weighted by Crippen LogP contribution is 2.23. The Bertz CT molecular complexity index is 274. The third-order valence-corrected chi connectivity index (χ3v) is 1.98. The summed E-state index contributed by atoms with van der Waals surface area (Å²) in [7, 11) is 0. The Morgan fingerprint density at radius 3 is 2.77 bits per heavy atom. The van der Waals surface area contributed by atoms with E-state index in [-0.39, 0.29) is 11.5 Å². The van der Waals surface area contributed by atoms with Crippen molar-refractivity contribution in [3.05, 3.63) is 23.2 Å². The molecule has 0 saturated carbocycles. The molecule has 0 aliphatic heterocycles. The molecule has 1 N–H and O–H groups in total. The second-order valence-electron chi connectivity index (χ2n) is 2.96. The maximum atomic E-state index is 11.0. The fourth-order valence-corrected chi connectivity index (χ4v) is 1.34. The predicted octanol–water partition coefficient (Wildman–Crippen LogP) is 2.10. The number of hydrogen-bond acceptors (Lipinski definition) is 3. The highest BCUT2D eigenvalue weighted by molar-refractivity contribution is 5.94. The molecule has 72 valence electrons. The van der Waals surface area contributed by atoms with E-state index in [0.717, 1.165) is 5.76 Å². The maximum absolute atomic E-state index is 11.0. The summed E-state index contributed by atoms with van der Waals surface area (Å²) in [6.07, 6.45) is 2.81. The van der Waals surface area contributed by atoms with Gasteiger partial charge in [-0.15, -0.1) is 0 Å². The van der Waals surface area contributed by atoms with Gasteiger partial charge in [-0.05, 0) is 20.3 Å². The van der Waals surface area contributed by atoms with Gasteiger partial charge in [-0.1, -0.05) is 0 Å². The Morgan fingerprint density at radius 2 is 2.31 bits per heavy atom. The minimum Gasteiger partial charge on any atom is -0.507 e. The number of carbonyl (C=O) groups excluding carboxylic acids is 1. The van der Waals surface area contributed by atoms with E-state index in [1.165, 1.54) is 13.0 Å². The molecule has 0 aromatic carbocycles. The Hall–Kier alpha value is -1.25. The molecule has 0 heterocycles. The number of carbonyl (C=O) groups is 1. The van der Waals surface area contributed by atoms with Gasteiger partial charge >= 0.3 is 0 Å². The van der Waals surface area contributed by atoms with E-state index in [9.17, 15) is 9.90 Å². The molecule has 0 radical (unpaired) electrons. The Labute approximate surface area is 77.7 Å². The topological polar surface area (TPSA) is 46.5 Å². The number of Topliss-reactive ketones (excluding diaryl/α,β-unsaturated/α-hetero) is 1. The van der Waals surface area contributed by atoms with Crippen molar-refractivity contribution in [2.24, 2.45) is 0 Å². The third kappa shape index (κ3) is 2.34. The van der Waals surface area contributed by atoms with Gasteiger partial charge in [0.15, 0.2) is 5.78 Å². The van der Waals surface area contributed by atoms with Crippen molar-refractivity contribution in [1.29, 1.82) is 0 Å². The van der Waals surface area contributed by atoms with Crippen LogP contribution in [0.3, 0.4) is 0 Å². The van der Waals surface area contributed by atoms with Crippen LogP contribution >= 0.6 is 0 Å². The first kappa shape index (κ1) is 9.84. The van der Waals surface area contributed by atoms with Crippen molar-refractivity contribution in [3.63, 3.8) is 0 Å². The fraction of sp³-hybridized carbons (Fsp3) is 0.500. The van der Waals surface area contributed by atoms with Crippen LogP contribution in [-0.4, -0.2) is 17.5 Å². The van der Waals surface area contributed by atoms with E-state index in [1.807, 2.05) is 6.92 Å². The molecule has 0 saturated heterocycles. The highest BCUT2D eigenvalue weighted by Gasteiger charge is 2.16. The lowest BCUT2D eigenvalue weighted by Gasteiger charge is -2.15. The normalized spacial score (nSPS) is 16.9. The molecule has 0 atom stereocenters. The van der Waals surface area contributed by atoms with Gasteiger partial charge in [-0.3, -0.25) is 4.79 Å². The van der Waals surface area contributed by atoms with E-state index >= 15 is 0 Å². The zero-order valence-electron chi connectivity index (χ0n) is 7.96. The first-order valence-electron chi connectivity index (χ1n) is 4.41.